The maximum Gasteiger partial charge on any atom is 0.0728 e. The van der Waals surface area contributed by atoms with E-state index in [-0.39, 0.29) is 5.41 Å². The molecule has 4 aromatic rings. The Labute approximate surface area is 158 Å². The number of halogens is 1. The molecule has 1 aliphatic carbocycles. The van der Waals surface area contributed by atoms with Crippen molar-refractivity contribution in [1.82, 2.24) is 4.98 Å². The molecule has 3 aromatic carbocycles. The first kappa shape index (κ1) is 15.6. The van der Waals surface area contributed by atoms with Crippen LogP contribution >= 0.6 is 11.6 Å². The van der Waals surface area contributed by atoms with Gasteiger partial charge in [0.2, 0.25) is 0 Å². The number of nitrogens with zero attached hydrogens (tertiary/aromatic N) is 1. The van der Waals surface area contributed by atoms with Crippen molar-refractivity contribution in [3.8, 4) is 22.4 Å². The van der Waals surface area contributed by atoms with Crippen molar-refractivity contribution in [2.45, 2.75) is 19.3 Å². The molecule has 5 rings (SSSR count). The molecule has 1 nitrogen and oxygen atoms in total. The van der Waals surface area contributed by atoms with Crippen LogP contribution in [0.15, 0.2) is 72.8 Å². The molecule has 0 radical (unpaired) electrons. The van der Waals surface area contributed by atoms with Gasteiger partial charge in [0.1, 0.15) is 0 Å². The highest BCUT2D eigenvalue weighted by Gasteiger charge is 2.35. The Morgan fingerprint density at radius 3 is 2.31 bits per heavy atom. The molecule has 0 bridgehead atoms. The van der Waals surface area contributed by atoms with Crippen LogP contribution in [0, 0.1) is 0 Å². The summed E-state index contributed by atoms with van der Waals surface area (Å²) in [4.78, 5) is 4.93. The van der Waals surface area contributed by atoms with Gasteiger partial charge in [0.25, 0.3) is 0 Å². The van der Waals surface area contributed by atoms with E-state index in [9.17, 15) is 0 Å². The van der Waals surface area contributed by atoms with E-state index < -0.39 is 0 Å². The Morgan fingerprint density at radius 1 is 0.769 bits per heavy atom. The van der Waals surface area contributed by atoms with Crippen LogP contribution in [-0.2, 0) is 5.41 Å². The van der Waals surface area contributed by atoms with E-state index >= 15 is 0 Å². The zero-order valence-electron chi connectivity index (χ0n) is 14.8. The molecule has 1 aromatic heterocycles. The van der Waals surface area contributed by atoms with Crippen LogP contribution in [0.5, 0.6) is 0 Å². The predicted octanol–water partition coefficient (Wildman–Crippen LogP) is 6.86. The maximum atomic E-state index is 6.67. The SMILES string of the molecule is CC1(C)c2ccccc2-c2cc3c(Cl)cc(-c4ccccc4)nc3cc21. The molecule has 2 heteroatoms. The number of aromatic nitrogens is 1. The van der Waals surface area contributed by atoms with Crippen LogP contribution in [0.1, 0.15) is 25.0 Å². The van der Waals surface area contributed by atoms with Gasteiger partial charge in [-0.05, 0) is 40.5 Å². The lowest BCUT2D eigenvalue weighted by Crippen LogP contribution is -2.14. The van der Waals surface area contributed by atoms with Crippen LogP contribution in [0.4, 0.5) is 0 Å². The molecule has 0 fully saturated rings. The minimum Gasteiger partial charge on any atom is -0.248 e. The summed E-state index contributed by atoms with van der Waals surface area (Å²) in [5, 5.41) is 1.76. The summed E-state index contributed by atoms with van der Waals surface area (Å²) in [6, 6.07) is 25.3. The lowest BCUT2D eigenvalue weighted by atomic mass is 9.82. The standard InChI is InChI=1S/C24H18ClN/c1-24(2)19-11-7-6-10-16(19)17-12-18-21(25)14-22(15-8-4-3-5-9-15)26-23(18)13-20(17)24/h3-14H,1-2H3. The van der Waals surface area contributed by atoms with Crippen LogP contribution in [0.25, 0.3) is 33.3 Å². The molecule has 0 aliphatic heterocycles. The van der Waals surface area contributed by atoms with Crippen molar-refractivity contribution in [1.29, 1.82) is 0 Å². The molecule has 126 valence electrons. The van der Waals surface area contributed by atoms with Crippen LogP contribution < -0.4 is 0 Å². The van der Waals surface area contributed by atoms with E-state index in [0.717, 1.165) is 27.2 Å². The summed E-state index contributed by atoms with van der Waals surface area (Å²) in [5.41, 5.74) is 8.18. The third kappa shape index (κ3) is 2.14. The van der Waals surface area contributed by atoms with Gasteiger partial charge in [-0.15, -0.1) is 0 Å². The van der Waals surface area contributed by atoms with Gasteiger partial charge in [0.15, 0.2) is 0 Å². The summed E-state index contributed by atoms with van der Waals surface area (Å²) in [5.74, 6) is 0. The Hall–Kier alpha value is -2.64. The van der Waals surface area contributed by atoms with E-state index in [0.29, 0.717) is 0 Å². The zero-order chi connectivity index (χ0) is 17.9. The third-order valence-corrected chi connectivity index (χ3v) is 5.84. The van der Waals surface area contributed by atoms with Gasteiger partial charge in [-0.25, -0.2) is 4.98 Å². The molecule has 0 unspecified atom stereocenters. The highest BCUT2D eigenvalue weighted by atomic mass is 35.5. The fourth-order valence-electron chi connectivity index (χ4n) is 4.14. The minimum absolute atomic E-state index is 0.0307. The molecule has 0 saturated heterocycles. The first-order chi connectivity index (χ1) is 12.6. The largest absolute Gasteiger partial charge is 0.248 e. The van der Waals surface area contributed by atoms with Crippen LogP contribution in [0.3, 0.4) is 0 Å². The highest BCUT2D eigenvalue weighted by Crippen LogP contribution is 2.50. The van der Waals surface area contributed by atoms with Crippen molar-refractivity contribution in [2.24, 2.45) is 0 Å². The summed E-state index contributed by atoms with van der Waals surface area (Å²) in [6.07, 6.45) is 0. The number of hydrogen-bond donors (Lipinski definition) is 0. The van der Waals surface area contributed by atoms with Gasteiger partial charge in [0, 0.05) is 16.4 Å². The van der Waals surface area contributed by atoms with Crippen molar-refractivity contribution in [3.05, 3.63) is 88.9 Å². The fourth-order valence-corrected chi connectivity index (χ4v) is 4.39. The molecule has 0 N–H and O–H groups in total. The Morgan fingerprint density at radius 2 is 1.50 bits per heavy atom. The summed E-state index contributed by atoms with van der Waals surface area (Å²) in [7, 11) is 0. The van der Waals surface area contributed by atoms with E-state index in [4.69, 9.17) is 16.6 Å². The van der Waals surface area contributed by atoms with Crippen molar-refractivity contribution < 1.29 is 0 Å². The van der Waals surface area contributed by atoms with Gasteiger partial charge >= 0.3 is 0 Å². The molecule has 0 amide bonds. The number of fused-ring (bicyclic) bond motifs is 4. The molecule has 26 heavy (non-hydrogen) atoms. The molecule has 0 saturated carbocycles. The summed E-state index contributed by atoms with van der Waals surface area (Å²) >= 11 is 6.67. The zero-order valence-corrected chi connectivity index (χ0v) is 15.5. The highest BCUT2D eigenvalue weighted by molar-refractivity contribution is 6.35. The van der Waals surface area contributed by atoms with Gasteiger partial charge in [-0.2, -0.15) is 0 Å². The van der Waals surface area contributed by atoms with Gasteiger partial charge in [0.05, 0.1) is 16.2 Å². The maximum absolute atomic E-state index is 6.67. The predicted molar refractivity (Wildman–Crippen MR) is 110 cm³/mol. The smallest absolute Gasteiger partial charge is 0.0728 e. The van der Waals surface area contributed by atoms with Crippen LogP contribution in [-0.4, -0.2) is 4.98 Å². The molecule has 0 atom stereocenters. The Kier molecular flexibility index (Phi) is 3.26. The molecule has 1 aliphatic rings. The fraction of sp³-hybridized carbons (Fsp3) is 0.125. The van der Waals surface area contributed by atoms with Crippen molar-refractivity contribution >= 4 is 22.5 Å². The topological polar surface area (TPSA) is 12.9 Å². The van der Waals surface area contributed by atoms with Crippen molar-refractivity contribution in [2.75, 3.05) is 0 Å². The Balaban J connectivity index is 1.80. The van der Waals surface area contributed by atoms with E-state index in [1.54, 1.807) is 0 Å². The summed E-state index contributed by atoms with van der Waals surface area (Å²) < 4.78 is 0. The first-order valence-electron chi connectivity index (χ1n) is 8.86. The number of benzene rings is 3. The third-order valence-electron chi connectivity index (χ3n) is 5.53. The average molecular weight is 356 g/mol. The van der Waals surface area contributed by atoms with Gasteiger partial charge in [-0.1, -0.05) is 80.0 Å². The number of rotatable bonds is 1. The second kappa shape index (κ2) is 5.43. The quantitative estimate of drug-likeness (QED) is 0.363. The number of pyridine rings is 1. The molecular formula is C24H18ClN. The number of hydrogen-bond acceptors (Lipinski definition) is 1. The van der Waals surface area contributed by atoms with E-state index in [2.05, 4.69) is 62.4 Å². The van der Waals surface area contributed by atoms with Gasteiger partial charge in [-0.3, -0.25) is 0 Å². The average Bonchev–Trinajstić information content (AvgIpc) is 2.89. The molecule has 1 heterocycles. The van der Waals surface area contributed by atoms with Gasteiger partial charge < -0.3 is 0 Å². The summed E-state index contributed by atoms with van der Waals surface area (Å²) in [6.45, 7) is 4.57. The van der Waals surface area contributed by atoms with Crippen LogP contribution in [0.2, 0.25) is 5.02 Å². The second-order valence-electron chi connectivity index (χ2n) is 7.44. The Bertz CT molecular complexity index is 1160. The van der Waals surface area contributed by atoms with E-state index in [1.165, 1.54) is 22.3 Å². The lowest BCUT2D eigenvalue weighted by Gasteiger charge is -2.21. The monoisotopic (exact) mass is 355 g/mol. The lowest BCUT2D eigenvalue weighted by molar-refractivity contribution is 0.661. The second-order valence-corrected chi connectivity index (χ2v) is 7.85. The van der Waals surface area contributed by atoms with E-state index in [1.807, 2.05) is 24.3 Å². The molecule has 0 spiro atoms. The minimum atomic E-state index is -0.0307. The first-order valence-corrected chi connectivity index (χ1v) is 9.23. The normalized spacial score (nSPS) is 14.3. The van der Waals surface area contributed by atoms with Crippen molar-refractivity contribution in [3.63, 3.8) is 0 Å². The molecular weight excluding hydrogens is 338 g/mol.